The molecule has 4 heteroatoms. The van der Waals surface area contributed by atoms with Crippen molar-refractivity contribution in [3.8, 4) is 0 Å². The summed E-state index contributed by atoms with van der Waals surface area (Å²) < 4.78 is 0. The van der Waals surface area contributed by atoms with Gasteiger partial charge in [-0.05, 0) is 44.2 Å². The molecule has 0 spiro atoms. The number of aliphatic imine (C=N–C) groups is 1. The predicted octanol–water partition coefficient (Wildman–Crippen LogP) is 2.42. The van der Waals surface area contributed by atoms with Crippen molar-refractivity contribution in [1.29, 1.82) is 0 Å². The molecule has 21 heavy (non-hydrogen) atoms. The van der Waals surface area contributed by atoms with Crippen molar-refractivity contribution >= 4 is 5.96 Å². The number of fused-ring (bicyclic) bond motifs is 1. The molecule has 1 saturated heterocycles. The number of guanidine groups is 1. The van der Waals surface area contributed by atoms with Crippen LogP contribution in [0.3, 0.4) is 0 Å². The number of hydrogen-bond donors (Lipinski definition) is 1. The van der Waals surface area contributed by atoms with E-state index in [1.165, 1.54) is 51.7 Å². The summed E-state index contributed by atoms with van der Waals surface area (Å²) in [6.45, 7) is 11.4. The van der Waals surface area contributed by atoms with Gasteiger partial charge < -0.3 is 15.1 Å². The number of hydrogen-bond acceptors (Lipinski definition) is 2. The first-order valence-corrected chi connectivity index (χ1v) is 8.96. The second-order valence-electron chi connectivity index (χ2n) is 6.62. The second kappa shape index (κ2) is 8.62. The van der Waals surface area contributed by atoms with Crippen LogP contribution >= 0.6 is 0 Å². The zero-order valence-corrected chi connectivity index (χ0v) is 14.3. The van der Waals surface area contributed by atoms with Gasteiger partial charge in [0.05, 0.1) is 0 Å². The van der Waals surface area contributed by atoms with Crippen LogP contribution in [0.5, 0.6) is 0 Å². The van der Waals surface area contributed by atoms with Gasteiger partial charge in [0.2, 0.25) is 0 Å². The van der Waals surface area contributed by atoms with Crippen molar-refractivity contribution in [3.63, 3.8) is 0 Å². The minimum absolute atomic E-state index is 0.921. The molecule has 0 aromatic carbocycles. The molecular formula is C17H34N4. The summed E-state index contributed by atoms with van der Waals surface area (Å²) in [5.41, 5.74) is 0. The van der Waals surface area contributed by atoms with Crippen molar-refractivity contribution in [2.75, 3.05) is 46.3 Å². The van der Waals surface area contributed by atoms with Crippen molar-refractivity contribution in [2.24, 2.45) is 16.8 Å². The molecule has 0 radical (unpaired) electrons. The van der Waals surface area contributed by atoms with E-state index in [1.807, 2.05) is 7.05 Å². The van der Waals surface area contributed by atoms with E-state index in [-0.39, 0.29) is 0 Å². The monoisotopic (exact) mass is 294 g/mol. The van der Waals surface area contributed by atoms with Gasteiger partial charge in [0.25, 0.3) is 0 Å². The third-order valence-electron chi connectivity index (χ3n) is 5.19. The molecule has 1 aliphatic carbocycles. The Hall–Kier alpha value is -0.770. The molecule has 4 nitrogen and oxygen atoms in total. The Labute approximate surface area is 131 Å². The first-order chi connectivity index (χ1) is 10.3. The van der Waals surface area contributed by atoms with Gasteiger partial charge in [-0.1, -0.05) is 26.7 Å². The summed E-state index contributed by atoms with van der Waals surface area (Å²) in [7, 11) is 1.92. The van der Waals surface area contributed by atoms with Crippen molar-refractivity contribution < 1.29 is 0 Å². The average Bonchev–Trinajstić information content (AvgIpc) is 2.94. The van der Waals surface area contributed by atoms with E-state index in [2.05, 4.69) is 34.0 Å². The van der Waals surface area contributed by atoms with Crippen molar-refractivity contribution in [1.82, 2.24) is 15.1 Å². The van der Waals surface area contributed by atoms with E-state index in [0.717, 1.165) is 37.4 Å². The molecular weight excluding hydrogens is 260 g/mol. The van der Waals surface area contributed by atoms with Crippen LogP contribution in [0.25, 0.3) is 0 Å². The fourth-order valence-electron chi connectivity index (χ4n) is 3.98. The summed E-state index contributed by atoms with van der Waals surface area (Å²) in [5, 5.41) is 3.58. The molecule has 2 rings (SSSR count). The standard InChI is InChI=1S/C17H34N4/c1-4-11-20(5-2)12-10-19-17(18-3)21-13-15-8-6-7-9-16(15)14-21/h15-16H,4-14H2,1-3H3,(H,18,19). The summed E-state index contributed by atoms with van der Waals surface area (Å²) in [6, 6.07) is 0. The van der Waals surface area contributed by atoms with Crippen LogP contribution in [0.2, 0.25) is 0 Å². The number of likely N-dealkylation sites (tertiary alicyclic amines) is 1. The largest absolute Gasteiger partial charge is 0.355 e. The second-order valence-corrected chi connectivity index (χ2v) is 6.62. The van der Waals surface area contributed by atoms with Gasteiger partial charge in [-0.3, -0.25) is 4.99 Å². The summed E-state index contributed by atoms with van der Waals surface area (Å²) in [5.74, 6) is 2.96. The number of nitrogens with zero attached hydrogens (tertiary/aromatic N) is 3. The quantitative estimate of drug-likeness (QED) is 0.603. The highest BCUT2D eigenvalue weighted by atomic mass is 15.3. The first-order valence-electron chi connectivity index (χ1n) is 8.96. The number of likely N-dealkylation sites (N-methyl/N-ethyl adjacent to an activating group) is 1. The van der Waals surface area contributed by atoms with E-state index < -0.39 is 0 Å². The van der Waals surface area contributed by atoms with Crippen LogP contribution in [0.15, 0.2) is 4.99 Å². The first kappa shape index (κ1) is 16.6. The molecule has 0 bridgehead atoms. The molecule has 1 heterocycles. The van der Waals surface area contributed by atoms with Crippen LogP contribution in [-0.2, 0) is 0 Å². The predicted molar refractivity (Wildman–Crippen MR) is 90.8 cm³/mol. The maximum atomic E-state index is 4.51. The van der Waals surface area contributed by atoms with Crippen LogP contribution in [0.4, 0.5) is 0 Å². The van der Waals surface area contributed by atoms with Crippen LogP contribution < -0.4 is 5.32 Å². The van der Waals surface area contributed by atoms with E-state index in [9.17, 15) is 0 Å². The minimum atomic E-state index is 0.921. The average molecular weight is 294 g/mol. The molecule has 0 aromatic rings. The number of rotatable bonds is 6. The lowest BCUT2D eigenvalue weighted by Gasteiger charge is -2.24. The Morgan fingerprint density at radius 1 is 1.14 bits per heavy atom. The van der Waals surface area contributed by atoms with Gasteiger partial charge in [-0.25, -0.2) is 0 Å². The highest BCUT2D eigenvalue weighted by Gasteiger charge is 2.35. The SMILES string of the molecule is CCCN(CC)CCNC(=NC)N1CC2CCCCC2C1. The third-order valence-corrected chi connectivity index (χ3v) is 5.19. The molecule has 1 N–H and O–H groups in total. The lowest BCUT2D eigenvalue weighted by Crippen LogP contribution is -2.43. The zero-order valence-electron chi connectivity index (χ0n) is 14.3. The summed E-state index contributed by atoms with van der Waals surface area (Å²) in [4.78, 5) is 9.51. The lowest BCUT2D eigenvalue weighted by molar-refractivity contribution is 0.291. The molecule has 1 aliphatic heterocycles. The van der Waals surface area contributed by atoms with Gasteiger partial charge in [-0.15, -0.1) is 0 Å². The molecule has 0 aromatic heterocycles. The normalized spacial score (nSPS) is 26.3. The van der Waals surface area contributed by atoms with Gasteiger partial charge >= 0.3 is 0 Å². The molecule has 2 fully saturated rings. The molecule has 2 aliphatic rings. The van der Waals surface area contributed by atoms with E-state index >= 15 is 0 Å². The Morgan fingerprint density at radius 3 is 2.33 bits per heavy atom. The van der Waals surface area contributed by atoms with Gasteiger partial charge in [0.1, 0.15) is 0 Å². The van der Waals surface area contributed by atoms with Crippen LogP contribution in [0, 0.1) is 11.8 Å². The maximum Gasteiger partial charge on any atom is 0.193 e. The smallest absolute Gasteiger partial charge is 0.193 e. The topological polar surface area (TPSA) is 30.9 Å². The van der Waals surface area contributed by atoms with E-state index in [4.69, 9.17) is 0 Å². The van der Waals surface area contributed by atoms with Crippen LogP contribution in [0.1, 0.15) is 46.0 Å². The lowest BCUT2D eigenvalue weighted by atomic mass is 9.82. The maximum absolute atomic E-state index is 4.51. The Balaban J connectivity index is 1.76. The number of nitrogens with one attached hydrogen (secondary N) is 1. The van der Waals surface area contributed by atoms with Crippen LogP contribution in [-0.4, -0.2) is 62.1 Å². The molecule has 1 saturated carbocycles. The third kappa shape index (κ3) is 4.60. The highest BCUT2D eigenvalue weighted by Crippen LogP contribution is 2.35. The zero-order chi connectivity index (χ0) is 15.1. The fourth-order valence-corrected chi connectivity index (χ4v) is 3.98. The molecule has 0 amide bonds. The Morgan fingerprint density at radius 2 is 1.81 bits per heavy atom. The van der Waals surface area contributed by atoms with Gasteiger partial charge in [0, 0.05) is 33.2 Å². The Kier molecular flexibility index (Phi) is 6.81. The molecule has 2 unspecified atom stereocenters. The highest BCUT2D eigenvalue weighted by molar-refractivity contribution is 5.80. The fraction of sp³-hybridized carbons (Fsp3) is 0.941. The van der Waals surface area contributed by atoms with Crippen molar-refractivity contribution in [3.05, 3.63) is 0 Å². The summed E-state index contributed by atoms with van der Waals surface area (Å²) in [6.07, 6.45) is 6.96. The van der Waals surface area contributed by atoms with Crippen molar-refractivity contribution in [2.45, 2.75) is 46.0 Å². The van der Waals surface area contributed by atoms with E-state index in [0.29, 0.717) is 0 Å². The minimum Gasteiger partial charge on any atom is -0.355 e. The Bertz CT molecular complexity index is 315. The van der Waals surface area contributed by atoms with Gasteiger partial charge in [0.15, 0.2) is 5.96 Å². The molecule has 122 valence electrons. The molecule has 2 atom stereocenters. The van der Waals surface area contributed by atoms with E-state index in [1.54, 1.807) is 0 Å². The van der Waals surface area contributed by atoms with Gasteiger partial charge in [-0.2, -0.15) is 0 Å². The summed E-state index contributed by atoms with van der Waals surface area (Å²) >= 11 is 0.